The normalized spacial score (nSPS) is 13.8. The van der Waals surface area contributed by atoms with Crippen LogP contribution in [0.3, 0.4) is 0 Å². The summed E-state index contributed by atoms with van der Waals surface area (Å²) < 4.78 is 18.7. The summed E-state index contributed by atoms with van der Waals surface area (Å²) in [5.41, 5.74) is 0.580. The SMILES string of the molecule is COc1ccc(C(C)NCC(C)C#N)c(F)c1. The number of hydrogen-bond donors (Lipinski definition) is 1. The predicted octanol–water partition coefficient (Wildman–Crippen LogP) is 2.64. The van der Waals surface area contributed by atoms with E-state index in [1.54, 1.807) is 12.1 Å². The zero-order chi connectivity index (χ0) is 12.8. The van der Waals surface area contributed by atoms with Gasteiger partial charge in [0, 0.05) is 24.2 Å². The summed E-state index contributed by atoms with van der Waals surface area (Å²) in [5, 5.41) is 11.8. The third-order valence-corrected chi connectivity index (χ3v) is 2.62. The van der Waals surface area contributed by atoms with Gasteiger partial charge < -0.3 is 10.1 Å². The average Bonchev–Trinajstić information content (AvgIpc) is 2.35. The van der Waals surface area contributed by atoms with Crippen LogP contribution in [-0.4, -0.2) is 13.7 Å². The molecule has 0 aromatic heterocycles. The summed E-state index contributed by atoms with van der Waals surface area (Å²) >= 11 is 0. The van der Waals surface area contributed by atoms with Crippen molar-refractivity contribution in [1.29, 1.82) is 5.26 Å². The van der Waals surface area contributed by atoms with E-state index in [-0.39, 0.29) is 17.8 Å². The Morgan fingerprint density at radius 1 is 1.47 bits per heavy atom. The number of benzene rings is 1. The highest BCUT2D eigenvalue weighted by atomic mass is 19.1. The van der Waals surface area contributed by atoms with Crippen molar-refractivity contribution in [3.8, 4) is 11.8 Å². The molecule has 1 aromatic carbocycles. The number of nitrogens with zero attached hydrogens (tertiary/aromatic N) is 1. The molecule has 0 saturated heterocycles. The van der Waals surface area contributed by atoms with Gasteiger partial charge in [0.05, 0.1) is 19.1 Å². The predicted molar refractivity (Wildman–Crippen MR) is 64.1 cm³/mol. The van der Waals surface area contributed by atoms with Gasteiger partial charge in [-0.25, -0.2) is 4.39 Å². The molecular weight excluding hydrogens is 219 g/mol. The van der Waals surface area contributed by atoms with Crippen LogP contribution in [0.1, 0.15) is 25.5 Å². The molecule has 0 aliphatic carbocycles. The van der Waals surface area contributed by atoms with Crippen LogP contribution in [0.2, 0.25) is 0 Å². The first kappa shape index (κ1) is 13.5. The van der Waals surface area contributed by atoms with Gasteiger partial charge in [0.15, 0.2) is 0 Å². The van der Waals surface area contributed by atoms with Crippen LogP contribution in [0.5, 0.6) is 5.75 Å². The molecule has 0 bridgehead atoms. The second-order valence-electron chi connectivity index (χ2n) is 4.05. The van der Waals surface area contributed by atoms with E-state index in [1.165, 1.54) is 13.2 Å². The Morgan fingerprint density at radius 2 is 2.18 bits per heavy atom. The molecule has 0 saturated carbocycles. The van der Waals surface area contributed by atoms with E-state index in [1.807, 2.05) is 13.8 Å². The Hall–Kier alpha value is -1.60. The number of halogens is 1. The van der Waals surface area contributed by atoms with Gasteiger partial charge in [0.1, 0.15) is 11.6 Å². The quantitative estimate of drug-likeness (QED) is 0.854. The van der Waals surface area contributed by atoms with Crippen molar-refractivity contribution in [1.82, 2.24) is 5.32 Å². The van der Waals surface area contributed by atoms with Gasteiger partial charge in [-0.05, 0) is 19.9 Å². The fourth-order valence-electron chi connectivity index (χ4n) is 1.50. The topological polar surface area (TPSA) is 45.0 Å². The molecule has 0 aliphatic heterocycles. The summed E-state index contributed by atoms with van der Waals surface area (Å²) in [4.78, 5) is 0. The molecule has 0 spiro atoms. The van der Waals surface area contributed by atoms with E-state index in [9.17, 15) is 4.39 Å². The molecule has 0 fully saturated rings. The third kappa shape index (κ3) is 3.72. The van der Waals surface area contributed by atoms with Gasteiger partial charge in [-0.1, -0.05) is 6.07 Å². The zero-order valence-corrected chi connectivity index (χ0v) is 10.3. The average molecular weight is 236 g/mol. The Labute approximate surface area is 101 Å². The van der Waals surface area contributed by atoms with Crippen LogP contribution in [-0.2, 0) is 0 Å². The van der Waals surface area contributed by atoms with Crippen LogP contribution >= 0.6 is 0 Å². The maximum absolute atomic E-state index is 13.7. The van der Waals surface area contributed by atoms with Crippen molar-refractivity contribution < 1.29 is 9.13 Å². The molecule has 1 aromatic rings. The standard InChI is InChI=1S/C13H17FN2O/c1-9(7-15)8-16-10(2)12-5-4-11(17-3)6-13(12)14/h4-6,9-10,16H,8H2,1-3H3. The van der Waals surface area contributed by atoms with E-state index >= 15 is 0 Å². The summed E-state index contributed by atoms with van der Waals surface area (Å²) in [6.45, 7) is 4.24. The van der Waals surface area contributed by atoms with Crippen LogP contribution in [0.4, 0.5) is 4.39 Å². The van der Waals surface area contributed by atoms with Gasteiger partial charge in [-0.3, -0.25) is 0 Å². The van der Waals surface area contributed by atoms with Gasteiger partial charge >= 0.3 is 0 Å². The summed E-state index contributed by atoms with van der Waals surface area (Å²) in [5.74, 6) is 0.122. The first-order chi connectivity index (χ1) is 8.08. The van der Waals surface area contributed by atoms with Crippen molar-refractivity contribution in [2.45, 2.75) is 19.9 Å². The van der Waals surface area contributed by atoms with Gasteiger partial charge in [0.2, 0.25) is 0 Å². The van der Waals surface area contributed by atoms with Crippen LogP contribution in [0.15, 0.2) is 18.2 Å². The Balaban J connectivity index is 2.69. The Morgan fingerprint density at radius 3 is 2.71 bits per heavy atom. The van der Waals surface area contributed by atoms with Gasteiger partial charge in [-0.2, -0.15) is 5.26 Å². The lowest BCUT2D eigenvalue weighted by Crippen LogP contribution is -2.24. The molecule has 92 valence electrons. The number of ether oxygens (including phenoxy) is 1. The van der Waals surface area contributed by atoms with E-state index in [4.69, 9.17) is 10.00 Å². The maximum Gasteiger partial charge on any atom is 0.131 e. The van der Waals surface area contributed by atoms with E-state index < -0.39 is 0 Å². The maximum atomic E-state index is 13.7. The number of rotatable bonds is 5. The molecule has 0 heterocycles. The van der Waals surface area contributed by atoms with Gasteiger partial charge in [0.25, 0.3) is 0 Å². The molecule has 0 amide bonds. The minimum Gasteiger partial charge on any atom is -0.497 e. The lowest BCUT2D eigenvalue weighted by atomic mass is 10.1. The summed E-state index contributed by atoms with van der Waals surface area (Å²) in [7, 11) is 1.50. The minimum absolute atomic E-state index is 0.0845. The van der Waals surface area contributed by atoms with Crippen molar-refractivity contribution in [2.24, 2.45) is 5.92 Å². The molecule has 0 radical (unpaired) electrons. The largest absolute Gasteiger partial charge is 0.497 e. The van der Waals surface area contributed by atoms with Crippen molar-refractivity contribution >= 4 is 0 Å². The Bertz CT molecular complexity index is 414. The lowest BCUT2D eigenvalue weighted by molar-refractivity contribution is 0.409. The first-order valence-corrected chi connectivity index (χ1v) is 5.55. The molecule has 1 rings (SSSR count). The lowest BCUT2D eigenvalue weighted by Gasteiger charge is -2.16. The number of nitrogens with one attached hydrogen (secondary N) is 1. The van der Waals surface area contributed by atoms with E-state index in [0.29, 0.717) is 17.9 Å². The van der Waals surface area contributed by atoms with Crippen molar-refractivity contribution in [2.75, 3.05) is 13.7 Å². The third-order valence-electron chi connectivity index (χ3n) is 2.62. The highest BCUT2D eigenvalue weighted by Gasteiger charge is 2.12. The van der Waals surface area contributed by atoms with Gasteiger partial charge in [-0.15, -0.1) is 0 Å². The monoisotopic (exact) mass is 236 g/mol. The highest BCUT2D eigenvalue weighted by Crippen LogP contribution is 2.21. The molecule has 3 nitrogen and oxygen atoms in total. The summed E-state index contributed by atoms with van der Waals surface area (Å²) in [6, 6.07) is 6.79. The Kier molecular flexibility index (Phi) is 4.92. The highest BCUT2D eigenvalue weighted by molar-refractivity contribution is 5.30. The summed E-state index contributed by atoms with van der Waals surface area (Å²) in [6.07, 6.45) is 0. The molecule has 0 aliphatic rings. The minimum atomic E-state index is -0.297. The molecule has 1 N–H and O–H groups in total. The fourth-order valence-corrected chi connectivity index (χ4v) is 1.50. The molecule has 2 unspecified atom stereocenters. The van der Waals surface area contributed by atoms with Crippen LogP contribution in [0.25, 0.3) is 0 Å². The molecule has 4 heteroatoms. The second-order valence-corrected chi connectivity index (χ2v) is 4.05. The molecule has 2 atom stereocenters. The van der Waals surface area contributed by atoms with Crippen LogP contribution < -0.4 is 10.1 Å². The second kappa shape index (κ2) is 6.21. The van der Waals surface area contributed by atoms with E-state index in [2.05, 4.69) is 11.4 Å². The smallest absolute Gasteiger partial charge is 0.131 e. The zero-order valence-electron chi connectivity index (χ0n) is 10.3. The number of nitriles is 1. The van der Waals surface area contributed by atoms with Crippen molar-refractivity contribution in [3.05, 3.63) is 29.6 Å². The van der Waals surface area contributed by atoms with Crippen LogP contribution in [0, 0.1) is 23.1 Å². The number of methoxy groups -OCH3 is 1. The van der Waals surface area contributed by atoms with E-state index in [0.717, 1.165) is 0 Å². The fraction of sp³-hybridized carbons (Fsp3) is 0.462. The van der Waals surface area contributed by atoms with Crippen molar-refractivity contribution in [3.63, 3.8) is 0 Å². The molecule has 17 heavy (non-hydrogen) atoms. The number of hydrogen-bond acceptors (Lipinski definition) is 3. The first-order valence-electron chi connectivity index (χ1n) is 5.55. The molecular formula is C13H17FN2O.